The predicted octanol–water partition coefficient (Wildman–Crippen LogP) is 13.9. The highest BCUT2D eigenvalue weighted by Crippen LogP contribution is 2.60. The number of ether oxygens (including phenoxy) is 2. The fraction of sp³-hybridized carbons (Fsp3) is 0.0741. The van der Waals surface area contributed by atoms with Gasteiger partial charge in [0.1, 0.15) is 23.0 Å². The summed E-state index contributed by atoms with van der Waals surface area (Å²) >= 11 is 3.64. The van der Waals surface area contributed by atoms with Crippen molar-refractivity contribution in [2.75, 3.05) is 9.80 Å². The Bertz CT molecular complexity index is 3120. The second-order valence-electron chi connectivity index (χ2n) is 17.2. The van der Waals surface area contributed by atoms with Gasteiger partial charge in [-0.1, -0.05) is 153 Å². The normalized spacial score (nSPS) is 14.2. The summed E-state index contributed by atoms with van der Waals surface area (Å²) in [5.41, 5.74) is 11.3. The predicted molar refractivity (Wildman–Crippen MR) is 255 cm³/mol. The average molecular weight is 821 g/mol. The van der Waals surface area contributed by atoms with Crippen LogP contribution in [0.4, 0.5) is 34.1 Å². The summed E-state index contributed by atoms with van der Waals surface area (Å²) in [7, 11) is 0. The van der Waals surface area contributed by atoms with Gasteiger partial charge >= 0.3 is 0 Å². The first-order valence-corrected chi connectivity index (χ1v) is 22.5. The van der Waals surface area contributed by atoms with E-state index in [1.54, 1.807) is 0 Å². The molecule has 4 nitrogen and oxygen atoms in total. The van der Waals surface area contributed by atoms with Crippen molar-refractivity contribution in [2.45, 2.75) is 45.8 Å². The van der Waals surface area contributed by atoms with Crippen molar-refractivity contribution in [3.05, 3.63) is 175 Å². The number of fused-ring (bicyclic) bond motifs is 16. The quantitative estimate of drug-likeness (QED) is 0.161. The van der Waals surface area contributed by atoms with E-state index in [0.717, 1.165) is 61.0 Å². The monoisotopic (exact) mass is 820 g/mol. The van der Waals surface area contributed by atoms with Crippen LogP contribution in [0, 0.1) is 0 Å². The van der Waals surface area contributed by atoms with Crippen molar-refractivity contribution in [3.63, 3.8) is 0 Å². The lowest BCUT2D eigenvalue weighted by Gasteiger charge is -2.41. The van der Waals surface area contributed by atoms with Crippen LogP contribution < -0.4 is 35.7 Å². The second kappa shape index (κ2) is 13.0. The molecule has 290 valence electrons. The summed E-state index contributed by atoms with van der Waals surface area (Å²) in [5.74, 6) is 3.56. The van der Waals surface area contributed by atoms with Crippen LogP contribution in [-0.2, 0) is 5.41 Å². The van der Waals surface area contributed by atoms with Crippen LogP contribution in [0.2, 0.25) is 0 Å². The zero-order valence-electron chi connectivity index (χ0n) is 33.8. The van der Waals surface area contributed by atoms with Crippen LogP contribution in [0.3, 0.4) is 0 Å². The van der Waals surface area contributed by atoms with Gasteiger partial charge in [0.05, 0.1) is 32.5 Å². The fourth-order valence-electron chi connectivity index (χ4n) is 9.96. The van der Waals surface area contributed by atoms with Crippen LogP contribution in [-0.4, -0.2) is 6.71 Å². The highest BCUT2D eigenvalue weighted by molar-refractivity contribution is 8.00. The Morgan fingerprint density at radius 3 is 1.28 bits per heavy atom. The highest BCUT2D eigenvalue weighted by atomic mass is 32.2. The second-order valence-corrected chi connectivity index (χ2v) is 19.3. The number of rotatable bonds is 2. The maximum Gasteiger partial charge on any atom is 0.262 e. The molecule has 0 aliphatic carbocycles. The molecule has 4 aliphatic rings. The number of hydrogen-bond acceptors (Lipinski definition) is 6. The molecule has 0 atom stereocenters. The van der Waals surface area contributed by atoms with E-state index in [1.807, 2.05) is 23.5 Å². The van der Waals surface area contributed by atoms with Gasteiger partial charge in [0.25, 0.3) is 6.71 Å². The van der Waals surface area contributed by atoms with Crippen molar-refractivity contribution in [2.24, 2.45) is 0 Å². The van der Waals surface area contributed by atoms with Crippen LogP contribution in [0.25, 0.3) is 21.5 Å². The SMILES string of the molecule is CC(C)(C)c1cc2c3c(c1)Oc1c4c(c5ccccc5c1B3c1c(c3c(c5ccccc15)N(c1ccccc1)c1ccccc1S3)O2)N(c1ccccc1)c1ccccc1S4. The number of para-hydroxylation sites is 4. The summed E-state index contributed by atoms with van der Waals surface area (Å²) in [6, 6.07) is 61.5. The molecule has 0 saturated carbocycles. The minimum Gasteiger partial charge on any atom is -0.457 e. The van der Waals surface area contributed by atoms with Gasteiger partial charge in [0.15, 0.2) is 0 Å². The molecule has 4 heterocycles. The first-order valence-electron chi connectivity index (χ1n) is 20.9. The fourth-order valence-corrected chi connectivity index (χ4v) is 12.3. The molecule has 0 amide bonds. The lowest BCUT2D eigenvalue weighted by Crippen LogP contribution is -2.58. The highest BCUT2D eigenvalue weighted by Gasteiger charge is 2.48. The molecule has 4 aliphatic heterocycles. The molecule has 7 heteroatoms. The third-order valence-corrected chi connectivity index (χ3v) is 14.9. The Morgan fingerprint density at radius 1 is 0.443 bits per heavy atom. The summed E-state index contributed by atoms with van der Waals surface area (Å²) in [4.78, 5) is 9.51. The maximum absolute atomic E-state index is 7.49. The van der Waals surface area contributed by atoms with Gasteiger partial charge in [-0.15, -0.1) is 0 Å². The lowest BCUT2D eigenvalue weighted by atomic mass is 9.33. The number of hydrogen-bond donors (Lipinski definition) is 0. The van der Waals surface area contributed by atoms with E-state index < -0.39 is 0 Å². The Kier molecular flexibility index (Phi) is 7.50. The average Bonchev–Trinajstić information content (AvgIpc) is 3.30. The van der Waals surface area contributed by atoms with Crippen molar-refractivity contribution in [1.29, 1.82) is 0 Å². The zero-order valence-corrected chi connectivity index (χ0v) is 35.4. The van der Waals surface area contributed by atoms with E-state index >= 15 is 0 Å². The molecular weight excluding hydrogens is 784 g/mol. The summed E-state index contributed by atoms with van der Waals surface area (Å²) in [5, 5.41) is 4.74. The van der Waals surface area contributed by atoms with Gasteiger partial charge in [-0.3, -0.25) is 0 Å². The third kappa shape index (κ3) is 5.05. The van der Waals surface area contributed by atoms with Crippen LogP contribution in [0.15, 0.2) is 189 Å². The Hall–Kier alpha value is -6.54. The van der Waals surface area contributed by atoms with Gasteiger partial charge in [-0.25, -0.2) is 0 Å². The van der Waals surface area contributed by atoms with E-state index in [9.17, 15) is 0 Å². The van der Waals surface area contributed by atoms with E-state index in [0.29, 0.717) is 0 Å². The molecule has 13 rings (SSSR count). The molecule has 0 bridgehead atoms. The third-order valence-electron chi connectivity index (χ3n) is 12.6. The van der Waals surface area contributed by atoms with Gasteiger partial charge in [-0.2, -0.15) is 0 Å². The maximum atomic E-state index is 7.49. The van der Waals surface area contributed by atoms with Gasteiger partial charge in [-0.05, 0) is 93.3 Å². The minimum absolute atomic E-state index is 0.157. The van der Waals surface area contributed by atoms with Crippen molar-refractivity contribution in [3.8, 4) is 23.0 Å². The van der Waals surface area contributed by atoms with Crippen molar-refractivity contribution in [1.82, 2.24) is 0 Å². The van der Waals surface area contributed by atoms with Gasteiger partial charge in [0, 0.05) is 37.4 Å². The van der Waals surface area contributed by atoms with Crippen molar-refractivity contribution >= 4 is 102 Å². The molecule has 0 spiro atoms. The van der Waals surface area contributed by atoms with E-state index in [-0.39, 0.29) is 12.1 Å². The molecule has 0 N–H and O–H groups in total. The standard InChI is InChI=1S/C54H37BN2O2S2/c1-54(2,3)32-30-41-47-42(31-32)59-51-46(36-23-11-13-25-38(36)49-53(51)61-44-29-17-15-27-40(44)57(49)34-20-8-5-9-21-34)55(47)45-35-22-10-12-24-37(35)48-52(50(45)58-41)60-43-28-16-14-26-39(43)56(48)33-18-6-4-7-19-33/h4-31H,1-3H3. The molecule has 0 unspecified atom stereocenters. The molecule has 9 aromatic rings. The topological polar surface area (TPSA) is 24.9 Å². The smallest absolute Gasteiger partial charge is 0.262 e. The summed E-state index contributed by atoms with van der Waals surface area (Å²) in [6.07, 6.45) is 0. The Balaban J connectivity index is 1.17. The molecule has 9 aromatic carbocycles. The van der Waals surface area contributed by atoms with Gasteiger partial charge in [0.2, 0.25) is 0 Å². The van der Waals surface area contributed by atoms with E-state index in [2.05, 4.69) is 200 Å². The first kappa shape index (κ1) is 35.2. The molecular formula is C54H37BN2O2S2. The molecule has 0 aromatic heterocycles. The largest absolute Gasteiger partial charge is 0.457 e. The van der Waals surface area contributed by atoms with Crippen LogP contribution >= 0.6 is 23.5 Å². The van der Waals surface area contributed by atoms with E-state index in [1.165, 1.54) is 59.2 Å². The van der Waals surface area contributed by atoms with E-state index in [4.69, 9.17) is 9.47 Å². The summed E-state index contributed by atoms with van der Waals surface area (Å²) < 4.78 is 15.0. The van der Waals surface area contributed by atoms with Gasteiger partial charge < -0.3 is 19.3 Å². The zero-order chi connectivity index (χ0) is 40.6. The molecule has 61 heavy (non-hydrogen) atoms. The molecule has 0 saturated heterocycles. The van der Waals surface area contributed by atoms with Crippen molar-refractivity contribution < 1.29 is 9.47 Å². The lowest BCUT2D eigenvalue weighted by molar-refractivity contribution is 0.449. The number of nitrogens with zero attached hydrogens (tertiary/aromatic N) is 2. The molecule has 0 radical (unpaired) electrons. The minimum atomic E-state index is -0.178. The van der Waals surface area contributed by atoms with Crippen LogP contribution in [0.1, 0.15) is 26.3 Å². The first-order chi connectivity index (χ1) is 29.9. The number of benzene rings is 9. The molecule has 0 fully saturated rings. The Morgan fingerprint density at radius 2 is 0.836 bits per heavy atom. The number of anilines is 6. The van der Waals surface area contributed by atoms with Crippen LogP contribution in [0.5, 0.6) is 23.0 Å². The summed E-state index contributed by atoms with van der Waals surface area (Å²) in [6.45, 7) is 6.63. The Labute approximate surface area is 363 Å².